The Morgan fingerprint density at radius 3 is 2.96 bits per heavy atom. The second-order valence-electron chi connectivity index (χ2n) is 6.01. The van der Waals surface area contributed by atoms with Crippen molar-refractivity contribution < 1.29 is 0 Å². The molecule has 4 rings (SSSR count). The minimum absolute atomic E-state index is 0.111. The molecule has 110 valence electrons. The predicted octanol–water partition coefficient (Wildman–Crippen LogP) is 2.33. The van der Waals surface area contributed by atoms with Gasteiger partial charge >= 0.3 is 0 Å². The lowest BCUT2D eigenvalue weighted by atomic mass is 9.89. The molecule has 1 atom stereocenters. The number of fused-ring (bicyclic) bond motifs is 2. The molecule has 0 saturated carbocycles. The van der Waals surface area contributed by atoms with Gasteiger partial charge in [-0.2, -0.15) is 0 Å². The molecule has 0 saturated heterocycles. The highest BCUT2D eigenvalue weighted by molar-refractivity contribution is 6.11. The zero-order valence-corrected chi connectivity index (χ0v) is 12.9. The van der Waals surface area contributed by atoms with Gasteiger partial charge in [0.25, 0.3) is 0 Å². The van der Waals surface area contributed by atoms with E-state index in [9.17, 15) is 0 Å². The zero-order chi connectivity index (χ0) is 15.8. The molecular weight excluding hydrogens is 282 g/mol. The van der Waals surface area contributed by atoms with Crippen molar-refractivity contribution in [1.82, 2.24) is 19.3 Å². The van der Waals surface area contributed by atoms with Gasteiger partial charge in [0.15, 0.2) is 7.98 Å². The Kier molecular flexibility index (Phi) is 3.69. The minimum Gasteiger partial charge on any atom is -0.384 e. The van der Waals surface area contributed by atoms with Crippen molar-refractivity contribution in [2.24, 2.45) is 0 Å². The standard InChI is InChI=1S/C17H16B2N4/c18-22(15-9-3-5-12-6-4-10-20-17(12)15)11-16-21-13-7-1-2-8-14(13)23(16)19/h1-2,4,6-8,10,15H,3,5,9,11H2. The molecule has 0 aliphatic heterocycles. The largest absolute Gasteiger partial charge is 0.384 e. The molecule has 2 aromatic heterocycles. The second-order valence-corrected chi connectivity index (χ2v) is 6.01. The number of para-hydroxylation sites is 2. The van der Waals surface area contributed by atoms with Crippen molar-refractivity contribution in [3.8, 4) is 0 Å². The number of aryl methyl sites for hydroxylation is 1. The molecule has 4 radical (unpaired) electrons. The van der Waals surface area contributed by atoms with Crippen molar-refractivity contribution in [2.75, 3.05) is 0 Å². The maximum atomic E-state index is 6.37. The number of imidazole rings is 1. The van der Waals surface area contributed by atoms with E-state index in [0.717, 1.165) is 41.8 Å². The first-order valence-electron chi connectivity index (χ1n) is 7.90. The lowest BCUT2D eigenvalue weighted by Gasteiger charge is -2.32. The van der Waals surface area contributed by atoms with Gasteiger partial charge in [-0.25, -0.2) is 4.98 Å². The van der Waals surface area contributed by atoms with Crippen LogP contribution in [-0.2, 0) is 13.0 Å². The van der Waals surface area contributed by atoms with E-state index in [1.54, 1.807) is 4.48 Å². The average molecular weight is 298 g/mol. The molecule has 2 heterocycles. The summed E-state index contributed by atoms with van der Waals surface area (Å²) in [4.78, 5) is 11.0. The number of benzene rings is 1. The van der Waals surface area contributed by atoms with Crippen LogP contribution in [0.5, 0.6) is 0 Å². The zero-order valence-electron chi connectivity index (χ0n) is 12.9. The van der Waals surface area contributed by atoms with Crippen LogP contribution in [0.3, 0.4) is 0 Å². The quantitative estimate of drug-likeness (QED) is 0.696. The summed E-state index contributed by atoms with van der Waals surface area (Å²) in [6.07, 6.45) is 5.04. The Hall–Kier alpha value is -2.07. The second kappa shape index (κ2) is 5.85. The van der Waals surface area contributed by atoms with E-state index in [2.05, 4.69) is 16.0 Å². The molecule has 6 heteroatoms. The number of hydrogen-bond acceptors (Lipinski definition) is 3. The van der Waals surface area contributed by atoms with Crippen LogP contribution >= 0.6 is 0 Å². The number of rotatable bonds is 3. The Balaban J connectivity index is 1.63. The highest BCUT2D eigenvalue weighted by Gasteiger charge is 2.25. The van der Waals surface area contributed by atoms with Crippen LogP contribution in [0.4, 0.5) is 0 Å². The highest BCUT2D eigenvalue weighted by atomic mass is 15.1. The highest BCUT2D eigenvalue weighted by Crippen LogP contribution is 2.32. The number of pyridine rings is 1. The molecule has 23 heavy (non-hydrogen) atoms. The fraction of sp³-hybridized carbons (Fsp3) is 0.294. The maximum Gasteiger partial charge on any atom is 0.236 e. The average Bonchev–Trinajstić information content (AvgIpc) is 2.90. The molecule has 0 spiro atoms. The SMILES string of the molecule is [B]N(Cc1nc2ccccc2n1[B])C1CCCc2cccnc21. The summed E-state index contributed by atoms with van der Waals surface area (Å²) in [5, 5.41) is 0. The van der Waals surface area contributed by atoms with Crippen molar-refractivity contribution >= 4 is 27.0 Å². The molecule has 0 amide bonds. The van der Waals surface area contributed by atoms with Gasteiger partial charge in [0, 0.05) is 18.8 Å². The molecule has 0 N–H and O–H groups in total. The lowest BCUT2D eigenvalue weighted by Crippen LogP contribution is -2.30. The summed E-state index contributed by atoms with van der Waals surface area (Å²) in [7, 11) is 12.5. The Morgan fingerprint density at radius 2 is 2.09 bits per heavy atom. The molecule has 4 nitrogen and oxygen atoms in total. The number of nitrogens with zero attached hydrogens (tertiary/aromatic N) is 4. The maximum absolute atomic E-state index is 6.37. The Bertz CT molecular complexity index is 845. The van der Waals surface area contributed by atoms with Gasteiger partial charge in [-0.3, -0.25) is 4.98 Å². The summed E-state index contributed by atoms with van der Waals surface area (Å²) < 4.78 is 1.62. The molecule has 1 aliphatic rings. The predicted molar refractivity (Wildman–Crippen MR) is 92.1 cm³/mol. The first kappa shape index (κ1) is 14.5. The first-order chi connectivity index (χ1) is 11.2. The van der Waals surface area contributed by atoms with Crippen LogP contribution in [0.15, 0.2) is 42.6 Å². The van der Waals surface area contributed by atoms with Gasteiger partial charge in [-0.05, 0) is 43.0 Å². The van der Waals surface area contributed by atoms with Gasteiger partial charge in [0.2, 0.25) is 7.98 Å². The van der Waals surface area contributed by atoms with Crippen molar-refractivity contribution in [3.05, 3.63) is 59.7 Å². The van der Waals surface area contributed by atoms with Gasteiger partial charge in [-0.15, -0.1) is 0 Å². The molecule has 1 aromatic carbocycles. The third-order valence-electron chi connectivity index (χ3n) is 4.56. The van der Waals surface area contributed by atoms with Crippen molar-refractivity contribution in [1.29, 1.82) is 0 Å². The summed E-state index contributed by atoms with van der Waals surface area (Å²) in [6.45, 7) is 0.492. The van der Waals surface area contributed by atoms with E-state index in [1.807, 2.05) is 41.3 Å². The number of aromatic nitrogens is 3. The van der Waals surface area contributed by atoms with E-state index in [-0.39, 0.29) is 6.04 Å². The molecule has 0 bridgehead atoms. The third-order valence-corrected chi connectivity index (χ3v) is 4.56. The van der Waals surface area contributed by atoms with E-state index >= 15 is 0 Å². The summed E-state index contributed by atoms with van der Waals surface area (Å²) in [5.41, 5.74) is 4.18. The molecule has 3 aromatic rings. The number of hydrogen-bond donors (Lipinski definition) is 0. The summed E-state index contributed by atoms with van der Waals surface area (Å²) in [6, 6.07) is 12.1. The monoisotopic (exact) mass is 298 g/mol. The molecular formula is C17H16B2N4. The van der Waals surface area contributed by atoms with Crippen LogP contribution in [-0.4, -0.2) is 35.2 Å². The molecule has 1 unspecified atom stereocenters. The van der Waals surface area contributed by atoms with Gasteiger partial charge in [0.1, 0.15) is 5.82 Å². The van der Waals surface area contributed by atoms with Crippen LogP contribution in [0.25, 0.3) is 11.0 Å². The Labute approximate surface area is 138 Å². The molecule has 1 aliphatic carbocycles. The summed E-state index contributed by atoms with van der Waals surface area (Å²) >= 11 is 0. The lowest BCUT2D eigenvalue weighted by molar-refractivity contribution is 0.289. The summed E-state index contributed by atoms with van der Waals surface area (Å²) in [5.74, 6) is 0.761. The first-order valence-corrected chi connectivity index (χ1v) is 7.90. The van der Waals surface area contributed by atoms with Crippen molar-refractivity contribution in [3.63, 3.8) is 0 Å². The fourth-order valence-corrected chi connectivity index (χ4v) is 3.39. The van der Waals surface area contributed by atoms with E-state index in [1.165, 1.54) is 5.56 Å². The smallest absolute Gasteiger partial charge is 0.236 e. The van der Waals surface area contributed by atoms with Crippen LogP contribution in [0.1, 0.15) is 36.0 Å². The van der Waals surface area contributed by atoms with Gasteiger partial charge < -0.3 is 9.29 Å². The fourth-order valence-electron chi connectivity index (χ4n) is 3.39. The van der Waals surface area contributed by atoms with Gasteiger partial charge in [0.05, 0.1) is 16.7 Å². The van der Waals surface area contributed by atoms with E-state index < -0.39 is 0 Å². The third kappa shape index (κ3) is 2.57. The van der Waals surface area contributed by atoms with E-state index in [0.29, 0.717) is 6.54 Å². The normalized spacial score (nSPS) is 17.5. The van der Waals surface area contributed by atoms with Gasteiger partial charge in [-0.1, -0.05) is 18.2 Å². The minimum atomic E-state index is 0.111. The van der Waals surface area contributed by atoms with Crippen molar-refractivity contribution in [2.45, 2.75) is 31.8 Å². The van der Waals surface area contributed by atoms with Crippen LogP contribution in [0.2, 0.25) is 0 Å². The van der Waals surface area contributed by atoms with Crippen LogP contribution < -0.4 is 0 Å². The van der Waals surface area contributed by atoms with E-state index in [4.69, 9.17) is 16.0 Å². The Morgan fingerprint density at radius 1 is 1.22 bits per heavy atom. The molecule has 0 fully saturated rings. The topological polar surface area (TPSA) is 34.0 Å². The van der Waals surface area contributed by atoms with Crippen LogP contribution in [0, 0.1) is 0 Å².